The van der Waals surface area contributed by atoms with E-state index in [1.54, 1.807) is 13.8 Å². The first-order valence-corrected chi connectivity index (χ1v) is 6.61. The van der Waals surface area contributed by atoms with Crippen LogP contribution in [0.15, 0.2) is 0 Å². The highest BCUT2D eigenvalue weighted by Gasteiger charge is 2.22. The summed E-state index contributed by atoms with van der Waals surface area (Å²) < 4.78 is 22.0. The molecule has 2 N–H and O–H groups in total. The Morgan fingerprint density at radius 2 is 1.79 bits per heavy atom. The van der Waals surface area contributed by atoms with Crippen LogP contribution in [0, 0.1) is 0 Å². The molecule has 86 valence electrons. The van der Waals surface area contributed by atoms with E-state index < -0.39 is 7.60 Å². The largest absolute Gasteiger partial charge is 0.395 e. The first-order valence-electron chi connectivity index (χ1n) is 4.88. The van der Waals surface area contributed by atoms with Gasteiger partial charge in [0.15, 0.2) is 0 Å². The summed E-state index contributed by atoms with van der Waals surface area (Å²) in [7, 11) is -2.90. The molecule has 0 aliphatic heterocycles. The third-order valence-corrected chi connectivity index (χ3v) is 3.58. The van der Waals surface area contributed by atoms with E-state index in [0.717, 1.165) is 0 Å². The zero-order valence-corrected chi connectivity index (χ0v) is 9.76. The summed E-state index contributed by atoms with van der Waals surface area (Å²) >= 11 is 0. The first-order chi connectivity index (χ1) is 6.68. The van der Waals surface area contributed by atoms with E-state index in [1.807, 2.05) is 0 Å². The monoisotopic (exact) mass is 225 g/mol. The van der Waals surface area contributed by atoms with Crippen LogP contribution in [-0.4, -0.2) is 44.2 Å². The Labute approximate surface area is 85.3 Å². The van der Waals surface area contributed by atoms with Gasteiger partial charge in [-0.05, 0) is 13.8 Å². The molecule has 0 aromatic heterocycles. The summed E-state index contributed by atoms with van der Waals surface area (Å²) in [5.41, 5.74) is 0. The molecule has 0 amide bonds. The Hall–Kier alpha value is 0.0700. The molecule has 0 rings (SSSR count). The molecule has 0 fully saturated rings. The quantitative estimate of drug-likeness (QED) is 0.449. The van der Waals surface area contributed by atoms with Crippen LogP contribution >= 0.6 is 7.60 Å². The van der Waals surface area contributed by atoms with Crippen molar-refractivity contribution in [3.8, 4) is 0 Å². The maximum atomic E-state index is 11.8. The highest BCUT2D eigenvalue weighted by atomic mass is 31.2. The van der Waals surface area contributed by atoms with E-state index in [9.17, 15) is 4.57 Å². The molecule has 0 bridgehead atoms. The lowest BCUT2D eigenvalue weighted by atomic mass is 10.6. The number of hydrogen-bond acceptors (Lipinski definition) is 5. The average molecular weight is 225 g/mol. The van der Waals surface area contributed by atoms with Crippen molar-refractivity contribution in [1.82, 2.24) is 5.32 Å². The summed E-state index contributed by atoms with van der Waals surface area (Å²) in [6.07, 6.45) is 0.342. The molecule has 0 saturated carbocycles. The average Bonchev–Trinajstić information content (AvgIpc) is 2.13. The molecule has 14 heavy (non-hydrogen) atoms. The number of aliphatic hydroxyl groups is 1. The van der Waals surface area contributed by atoms with Gasteiger partial charge >= 0.3 is 7.60 Å². The van der Waals surface area contributed by atoms with Gasteiger partial charge in [0.25, 0.3) is 0 Å². The third kappa shape index (κ3) is 6.51. The van der Waals surface area contributed by atoms with Gasteiger partial charge in [0.2, 0.25) is 0 Å². The van der Waals surface area contributed by atoms with Gasteiger partial charge in [-0.1, -0.05) is 0 Å². The van der Waals surface area contributed by atoms with E-state index in [0.29, 0.717) is 32.5 Å². The molecule has 0 aliphatic carbocycles. The molecule has 0 saturated heterocycles. The van der Waals surface area contributed by atoms with E-state index in [2.05, 4.69) is 5.32 Å². The smallest absolute Gasteiger partial charge is 0.331 e. The lowest BCUT2D eigenvalue weighted by Crippen LogP contribution is -2.22. The van der Waals surface area contributed by atoms with Crippen molar-refractivity contribution >= 4 is 7.60 Å². The minimum atomic E-state index is -2.90. The second-order valence-electron chi connectivity index (χ2n) is 2.64. The summed E-state index contributed by atoms with van der Waals surface area (Å²) in [6.45, 7) is 5.44. The number of rotatable bonds is 9. The highest BCUT2D eigenvalue weighted by Crippen LogP contribution is 2.47. The molecule has 0 aromatic carbocycles. The van der Waals surface area contributed by atoms with E-state index in [4.69, 9.17) is 14.2 Å². The van der Waals surface area contributed by atoms with Gasteiger partial charge in [0, 0.05) is 13.1 Å². The van der Waals surface area contributed by atoms with Gasteiger partial charge in [0.05, 0.1) is 26.0 Å². The van der Waals surface area contributed by atoms with Crippen LogP contribution in [0.5, 0.6) is 0 Å². The van der Waals surface area contributed by atoms with Crippen molar-refractivity contribution < 1.29 is 18.7 Å². The Morgan fingerprint density at radius 1 is 1.21 bits per heavy atom. The summed E-state index contributed by atoms with van der Waals surface area (Å²) in [6, 6.07) is 0. The first kappa shape index (κ1) is 14.1. The van der Waals surface area contributed by atoms with Crippen LogP contribution in [-0.2, 0) is 13.6 Å². The molecule has 5 nitrogen and oxygen atoms in total. The summed E-state index contributed by atoms with van der Waals surface area (Å²) in [4.78, 5) is 0. The molecule has 0 radical (unpaired) electrons. The van der Waals surface area contributed by atoms with Gasteiger partial charge in [0.1, 0.15) is 0 Å². The van der Waals surface area contributed by atoms with E-state index in [-0.39, 0.29) is 6.61 Å². The van der Waals surface area contributed by atoms with Gasteiger partial charge in [-0.3, -0.25) is 4.57 Å². The second-order valence-corrected chi connectivity index (χ2v) is 4.83. The summed E-state index contributed by atoms with van der Waals surface area (Å²) in [5, 5.41) is 11.4. The molecular weight excluding hydrogens is 205 g/mol. The van der Waals surface area contributed by atoms with Crippen LogP contribution in [0.1, 0.15) is 13.8 Å². The molecule has 0 aliphatic rings. The van der Waals surface area contributed by atoms with Crippen molar-refractivity contribution in [2.45, 2.75) is 13.8 Å². The molecule has 0 heterocycles. The lowest BCUT2D eigenvalue weighted by Gasteiger charge is -2.16. The Bertz CT molecular complexity index is 167. The SMILES string of the molecule is CCOP(=O)(CCNCCO)OCC. The maximum absolute atomic E-state index is 11.8. The Morgan fingerprint density at radius 3 is 2.21 bits per heavy atom. The van der Waals surface area contributed by atoms with Crippen LogP contribution in [0.3, 0.4) is 0 Å². The number of hydrogen-bond donors (Lipinski definition) is 2. The van der Waals surface area contributed by atoms with Gasteiger partial charge in [-0.15, -0.1) is 0 Å². The number of nitrogens with one attached hydrogen (secondary N) is 1. The highest BCUT2D eigenvalue weighted by molar-refractivity contribution is 7.53. The fraction of sp³-hybridized carbons (Fsp3) is 1.00. The Balaban J connectivity index is 3.78. The third-order valence-electron chi connectivity index (χ3n) is 1.50. The van der Waals surface area contributed by atoms with Gasteiger partial charge in [-0.2, -0.15) is 0 Å². The molecule has 0 unspecified atom stereocenters. The van der Waals surface area contributed by atoms with E-state index in [1.165, 1.54) is 0 Å². The molecule has 0 aromatic rings. The fourth-order valence-corrected chi connectivity index (χ4v) is 2.53. The second kappa shape index (κ2) is 8.38. The molecular formula is C8H20NO4P. The predicted octanol–water partition coefficient (Wildman–Crippen LogP) is 0.834. The zero-order chi connectivity index (χ0) is 10.9. The van der Waals surface area contributed by atoms with Crippen molar-refractivity contribution in [1.29, 1.82) is 0 Å². The van der Waals surface area contributed by atoms with Crippen LogP contribution in [0.4, 0.5) is 0 Å². The molecule has 0 atom stereocenters. The molecule has 0 spiro atoms. The van der Waals surface area contributed by atoms with Crippen molar-refractivity contribution in [3.63, 3.8) is 0 Å². The minimum Gasteiger partial charge on any atom is -0.395 e. The standard InChI is InChI=1S/C8H20NO4P/c1-3-12-14(11,13-4-2)8-6-9-5-7-10/h9-10H,3-8H2,1-2H3. The van der Waals surface area contributed by atoms with Gasteiger partial charge < -0.3 is 19.5 Å². The normalized spacial score (nSPS) is 11.9. The molecule has 6 heteroatoms. The zero-order valence-electron chi connectivity index (χ0n) is 8.86. The van der Waals surface area contributed by atoms with Crippen LogP contribution in [0.2, 0.25) is 0 Å². The van der Waals surface area contributed by atoms with Crippen LogP contribution in [0.25, 0.3) is 0 Å². The minimum absolute atomic E-state index is 0.0770. The fourth-order valence-electron chi connectivity index (χ4n) is 0.980. The van der Waals surface area contributed by atoms with Gasteiger partial charge in [-0.25, -0.2) is 0 Å². The topological polar surface area (TPSA) is 67.8 Å². The van der Waals surface area contributed by atoms with Crippen molar-refractivity contribution in [2.75, 3.05) is 39.1 Å². The lowest BCUT2D eigenvalue weighted by molar-refractivity contribution is 0.219. The van der Waals surface area contributed by atoms with Crippen molar-refractivity contribution in [2.24, 2.45) is 0 Å². The van der Waals surface area contributed by atoms with Crippen molar-refractivity contribution in [3.05, 3.63) is 0 Å². The number of aliphatic hydroxyl groups excluding tert-OH is 1. The van der Waals surface area contributed by atoms with Crippen LogP contribution < -0.4 is 5.32 Å². The Kier molecular flexibility index (Phi) is 8.43. The maximum Gasteiger partial charge on any atom is 0.331 e. The predicted molar refractivity (Wildman–Crippen MR) is 55.7 cm³/mol. The van der Waals surface area contributed by atoms with E-state index >= 15 is 0 Å². The summed E-state index contributed by atoms with van der Waals surface area (Å²) in [5.74, 6) is 0.